The molecule has 1 aromatic heterocycles. The normalized spacial score (nSPS) is 27.0. The molecular weight excluding hydrogens is 206 g/mol. The van der Waals surface area contributed by atoms with Crippen LogP contribution in [-0.2, 0) is 11.2 Å². The molecule has 6 heteroatoms. The predicted octanol–water partition coefficient (Wildman–Crippen LogP) is -0.00840. The number of aryl methyl sites for hydroxylation is 1. The van der Waals surface area contributed by atoms with Gasteiger partial charge in [0.1, 0.15) is 12.1 Å². The van der Waals surface area contributed by atoms with Crippen LogP contribution in [0.5, 0.6) is 0 Å². The van der Waals surface area contributed by atoms with Gasteiger partial charge in [0.2, 0.25) is 0 Å². The molecule has 1 fully saturated rings. The Labute approximate surface area is 86.6 Å². The summed E-state index contributed by atoms with van der Waals surface area (Å²) in [6.45, 7) is 0.861. The van der Waals surface area contributed by atoms with Crippen molar-refractivity contribution in [2.75, 3.05) is 19.1 Å². The van der Waals surface area contributed by atoms with Gasteiger partial charge in [-0.1, -0.05) is 5.21 Å². The summed E-state index contributed by atoms with van der Waals surface area (Å²) in [5.41, 5.74) is 0.846. The molecule has 2 atom stereocenters. The lowest BCUT2D eigenvalue weighted by atomic mass is 10.2. The largest absolute Gasteiger partial charge is 0.388 e. The first kappa shape index (κ1) is 9.89. The number of nitrogens with zero attached hydrogens (tertiary/aromatic N) is 3. The summed E-state index contributed by atoms with van der Waals surface area (Å²) in [7, 11) is 0. The van der Waals surface area contributed by atoms with Crippen molar-refractivity contribution < 1.29 is 9.84 Å². The average Bonchev–Trinajstić information content (AvgIpc) is 2.74. The number of alkyl halides is 1. The first-order chi connectivity index (χ1) is 6.81. The second kappa shape index (κ2) is 4.25. The summed E-state index contributed by atoms with van der Waals surface area (Å²) < 4.78 is 6.78. The van der Waals surface area contributed by atoms with Crippen molar-refractivity contribution in [1.82, 2.24) is 15.0 Å². The van der Waals surface area contributed by atoms with Gasteiger partial charge in [0.15, 0.2) is 0 Å². The van der Waals surface area contributed by atoms with Crippen LogP contribution in [0, 0.1) is 0 Å². The monoisotopic (exact) mass is 217 g/mol. The standard InChI is InChI=1S/C8H12ClN3O2/c9-2-1-6-3-12(11-10-6)7-4-14-5-8(7)13/h3,7-8,13H,1-2,4-5H2/t7-,8-/m1/s1. The van der Waals surface area contributed by atoms with Crippen LogP contribution in [-0.4, -0.2) is 45.3 Å². The smallest absolute Gasteiger partial charge is 0.105 e. The van der Waals surface area contributed by atoms with E-state index in [2.05, 4.69) is 10.3 Å². The lowest BCUT2D eigenvalue weighted by molar-refractivity contribution is 0.117. The number of aromatic nitrogens is 3. The van der Waals surface area contributed by atoms with Crippen molar-refractivity contribution in [2.45, 2.75) is 18.6 Å². The fourth-order valence-corrected chi connectivity index (χ4v) is 1.66. The number of hydrogen-bond donors (Lipinski definition) is 1. The van der Waals surface area contributed by atoms with E-state index in [4.69, 9.17) is 16.3 Å². The Kier molecular flexibility index (Phi) is 3.00. The van der Waals surface area contributed by atoms with Crippen LogP contribution in [0.2, 0.25) is 0 Å². The quantitative estimate of drug-likeness (QED) is 0.724. The molecule has 2 rings (SSSR count). The Bertz CT molecular complexity index is 305. The predicted molar refractivity (Wildman–Crippen MR) is 50.3 cm³/mol. The Balaban J connectivity index is 2.08. The van der Waals surface area contributed by atoms with Crippen molar-refractivity contribution in [1.29, 1.82) is 0 Å². The number of halogens is 1. The van der Waals surface area contributed by atoms with E-state index in [0.29, 0.717) is 25.5 Å². The first-order valence-electron chi connectivity index (χ1n) is 4.53. The van der Waals surface area contributed by atoms with Crippen LogP contribution in [0.4, 0.5) is 0 Å². The summed E-state index contributed by atoms with van der Waals surface area (Å²) in [5, 5.41) is 17.4. The third kappa shape index (κ3) is 1.89. The molecule has 0 spiro atoms. The molecule has 0 aliphatic carbocycles. The Morgan fingerprint density at radius 1 is 1.64 bits per heavy atom. The highest BCUT2D eigenvalue weighted by molar-refractivity contribution is 6.17. The molecule has 1 aliphatic heterocycles. The first-order valence-corrected chi connectivity index (χ1v) is 5.07. The Morgan fingerprint density at radius 2 is 2.50 bits per heavy atom. The van der Waals surface area contributed by atoms with Crippen LogP contribution >= 0.6 is 11.6 Å². The molecule has 0 bridgehead atoms. The topological polar surface area (TPSA) is 60.2 Å². The van der Waals surface area contributed by atoms with Crippen LogP contribution in [0.1, 0.15) is 11.7 Å². The minimum atomic E-state index is -0.486. The fourth-order valence-electron chi connectivity index (χ4n) is 1.47. The van der Waals surface area contributed by atoms with Crippen molar-refractivity contribution in [3.05, 3.63) is 11.9 Å². The van der Waals surface area contributed by atoms with Crippen LogP contribution < -0.4 is 0 Å². The molecular formula is C8H12ClN3O2. The summed E-state index contributed by atoms with van der Waals surface area (Å²) >= 11 is 5.58. The number of aliphatic hydroxyl groups is 1. The molecule has 1 aromatic rings. The van der Waals surface area contributed by atoms with Gasteiger partial charge in [0.25, 0.3) is 0 Å². The van der Waals surface area contributed by atoms with Crippen molar-refractivity contribution in [3.8, 4) is 0 Å². The third-order valence-corrected chi connectivity index (χ3v) is 2.46. The second-order valence-electron chi connectivity index (χ2n) is 3.30. The van der Waals surface area contributed by atoms with E-state index in [1.165, 1.54) is 0 Å². The van der Waals surface area contributed by atoms with Gasteiger partial charge in [-0.25, -0.2) is 4.68 Å². The summed E-state index contributed by atoms with van der Waals surface area (Å²) in [6, 6.07) is -0.105. The number of rotatable bonds is 3. The molecule has 5 nitrogen and oxygen atoms in total. The molecule has 1 N–H and O–H groups in total. The van der Waals surface area contributed by atoms with Crippen LogP contribution in [0.25, 0.3) is 0 Å². The maximum absolute atomic E-state index is 9.54. The summed E-state index contributed by atoms with van der Waals surface area (Å²) in [6.07, 6.45) is 2.02. The van der Waals surface area contributed by atoms with E-state index in [9.17, 15) is 5.11 Å². The molecule has 0 radical (unpaired) electrons. The van der Waals surface area contributed by atoms with Gasteiger partial charge in [-0.3, -0.25) is 0 Å². The SMILES string of the molecule is O[C@@H]1COC[C@H]1n1cc(CCCl)nn1. The minimum Gasteiger partial charge on any atom is -0.388 e. The second-order valence-corrected chi connectivity index (χ2v) is 3.68. The highest BCUT2D eigenvalue weighted by atomic mass is 35.5. The molecule has 1 saturated heterocycles. The van der Waals surface area contributed by atoms with Gasteiger partial charge >= 0.3 is 0 Å². The minimum absolute atomic E-state index is 0.105. The summed E-state index contributed by atoms with van der Waals surface area (Å²) in [4.78, 5) is 0. The van der Waals surface area contributed by atoms with Gasteiger partial charge in [-0.15, -0.1) is 16.7 Å². The number of hydrogen-bond acceptors (Lipinski definition) is 4. The lowest BCUT2D eigenvalue weighted by Gasteiger charge is -2.10. The van der Waals surface area contributed by atoms with Crippen molar-refractivity contribution in [3.63, 3.8) is 0 Å². The zero-order valence-electron chi connectivity index (χ0n) is 7.64. The summed E-state index contributed by atoms with van der Waals surface area (Å²) in [5.74, 6) is 0.530. The van der Waals surface area contributed by atoms with Gasteiger partial charge in [-0.05, 0) is 0 Å². The molecule has 0 amide bonds. The zero-order valence-corrected chi connectivity index (χ0v) is 8.39. The molecule has 2 heterocycles. The zero-order chi connectivity index (χ0) is 9.97. The van der Waals surface area contributed by atoms with Gasteiger partial charge in [0, 0.05) is 18.5 Å². The maximum Gasteiger partial charge on any atom is 0.105 e. The van der Waals surface area contributed by atoms with E-state index in [1.54, 1.807) is 4.68 Å². The van der Waals surface area contributed by atoms with Gasteiger partial charge in [-0.2, -0.15) is 0 Å². The van der Waals surface area contributed by atoms with E-state index in [0.717, 1.165) is 5.69 Å². The Morgan fingerprint density at radius 3 is 3.14 bits per heavy atom. The average molecular weight is 218 g/mol. The van der Waals surface area contributed by atoms with Gasteiger partial charge < -0.3 is 9.84 Å². The van der Waals surface area contributed by atoms with Crippen molar-refractivity contribution in [2.24, 2.45) is 0 Å². The number of aliphatic hydroxyl groups excluding tert-OH is 1. The van der Waals surface area contributed by atoms with Crippen LogP contribution in [0.15, 0.2) is 6.20 Å². The van der Waals surface area contributed by atoms with E-state index < -0.39 is 6.10 Å². The van der Waals surface area contributed by atoms with Gasteiger partial charge in [0.05, 0.1) is 18.9 Å². The number of ether oxygens (including phenoxy) is 1. The third-order valence-electron chi connectivity index (χ3n) is 2.27. The Hall–Kier alpha value is -0.650. The fraction of sp³-hybridized carbons (Fsp3) is 0.750. The highest BCUT2D eigenvalue weighted by Gasteiger charge is 2.28. The molecule has 78 valence electrons. The molecule has 0 aromatic carbocycles. The lowest BCUT2D eigenvalue weighted by Crippen LogP contribution is -2.22. The molecule has 0 unspecified atom stereocenters. The molecule has 0 saturated carbocycles. The molecule has 1 aliphatic rings. The van der Waals surface area contributed by atoms with E-state index >= 15 is 0 Å². The van der Waals surface area contributed by atoms with Crippen molar-refractivity contribution >= 4 is 11.6 Å². The maximum atomic E-state index is 9.54. The molecule has 14 heavy (non-hydrogen) atoms. The van der Waals surface area contributed by atoms with E-state index in [1.807, 2.05) is 6.20 Å². The van der Waals surface area contributed by atoms with E-state index in [-0.39, 0.29) is 6.04 Å². The highest BCUT2D eigenvalue weighted by Crippen LogP contribution is 2.18. The van der Waals surface area contributed by atoms with Crippen LogP contribution in [0.3, 0.4) is 0 Å².